The molecule has 3 aromatic heterocycles. The van der Waals surface area contributed by atoms with Gasteiger partial charge in [-0.05, 0) is 31.5 Å². The van der Waals surface area contributed by atoms with Crippen molar-refractivity contribution in [2.24, 2.45) is 0 Å². The number of hydrogen-bond acceptors (Lipinski definition) is 5. The summed E-state index contributed by atoms with van der Waals surface area (Å²) in [6.45, 7) is 3.45. The molecule has 0 aliphatic carbocycles. The number of carbonyl (C=O) groups is 2. The van der Waals surface area contributed by atoms with Gasteiger partial charge in [0.15, 0.2) is 11.6 Å². The van der Waals surface area contributed by atoms with Crippen LogP contribution in [-0.4, -0.2) is 26.4 Å². The Morgan fingerprint density at radius 2 is 1.96 bits per heavy atom. The Labute approximate surface area is 155 Å². The van der Waals surface area contributed by atoms with Crippen LogP contribution in [0, 0.1) is 0 Å². The fourth-order valence-electron chi connectivity index (χ4n) is 3.32. The Kier molecular flexibility index (Phi) is 4.19. The summed E-state index contributed by atoms with van der Waals surface area (Å²) in [7, 11) is 0. The van der Waals surface area contributed by atoms with E-state index in [1.807, 2.05) is 35.8 Å². The summed E-state index contributed by atoms with van der Waals surface area (Å²) in [6, 6.07) is 10.6. The van der Waals surface area contributed by atoms with E-state index in [0.717, 1.165) is 10.9 Å². The topological polar surface area (TPSA) is 90.0 Å². The van der Waals surface area contributed by atoms with Gasteiger partial charge in [0, 0.05) is 28.9 Å². The van der Waals surface area contributed by atoms with Crippen LogP contribution in [0.3, 0.4) is 0 Å². The van der Waals surface area contributed by atoms with Crippen molar-refractivity contribution >= 4 is 39.5 Å². The lowest BCUT2D eigenvalue weighted by Gasteiger charge is -2.17. The Balaban J connectivity index is 1.73. The minimum Gasteiger partial charge on any atom is -0.334 e. The molecule has 1 atom stereocenters. The number of anilines is 1. The third-order valence-corrected chi connectivity index (χ3v) is 4.64. The van der Waals surface area contributed by atoms with Crippen LogP contribution < -0.4 is 5.32 Å². The molecule has 0 aliphatic rings. The molecule has 0 saturated heterocycles. The van der Waals surface area contributed by atoms with Crippen molar-refractivity contribution in [3.63, 3.8) is 0 Å². The van der Waals surface area contributed by atoms with E-state index in [9.17, 15) is 9.59 Å². The lowest BCUT2D eigenvalue weighted by Crippen LogP contribution is -2.25. The molecule has 7 heteroatoms. The fraction of sp³-hybridized carbons (Fsp3) is 0.200. The molecular formula is C20H18N4O3. The maximum absolute atomic E-state index is 13.0. The number of amides is 1. The molecule has 1 unspecified atom stereocenters. The summed E-state index contributed by atoms with van der Waals surface area (Å²) in [5.74, 6) is 0.0750. The van der Waals surface area contributed by atoms with Crippen molar-refractivity contribution < 1.29 is 14.1 Å². The number of nitrogens with one attached hydrogen (secondary N) is 1. The molecular weight excluding hydrogens is 344 g/mol. The predicted octanol–water partition coefficient (Wildman–Crippen LogP) is 3.97. The average Bonchev–Trinajstić information content (AvgIpc) is 3.25. The summed E-state index contributed by atoms with van der Waals surface area (Å²) in [5.41, 5.74) is 1.82. The SMILES string of the molecule is CCC(C(=O)Nc1noc2ncccc12)n1cc(C(C)=O)c2ccccc21. The molecule has 1 amide bonds. The number of benzene rings is 1. The van der Waals surface area contributed by atoms with Gasteiger partial charge in [-0.25, -0.2) is 4.98 Å². The van der Waals surface area contributed by atoms with Gasteiger partial charge in [0.05, 0.1) is 5.39 Å². The van der Waals surface area contributed by atoms with Crippen LogP contribution >= 0.6 is 0 Å². The van der Waals surface area contributed by atoms with Crippen LogP contribution in [0.1, 0.15) is 36.7 Å². The number of aromatic nitrogens is 3. The highest BCUT2D eigenvalue weighted by Crippen LogP contribution is 2.28. The summed E-state index contributed by atoms with van der Waals surface area (Å²) >= 11 is 0. The molecule has 1 N–H and O–H groups in total. The highest BCUT2D eigenvalue weighted by molar-refractivity contribution is 6.08. The summed E-state index contributed by atoms with van der Waals surface area (Å²) in [5, 5.41) is 8.22. The van der Waals surface area contributed by atoms with E-state index in [-0.39, 0.29) is 11.7 Å². The molecule has 0 radical (unpaired) electrons. The molecule has 27 heavy (non-hydrogen) atoms. The van der Waals surface area contributed by atoms with E-state index in [4.69, 9.17) is 4.52 Å². The smallest absolute Gasteiger partial charge is 0.259 e. The predicted molar refractivity (Wildman–Crippen MR) is 102 cm³/mol. The van der Waals surface area contributed by atoms with Crippen molar-refractivity contribution in [2.75, 3.05) is 5.32 Å². The first-order valence-electron chi connectivity index (χ1n) is 8.72. The second kappa shape index (κ2) is 6.68. The molecule has 0 aliphatic heterocycles. The van der Waals surface area contributed by atoms with E-state index in [1.165, 1.54) is 6.92 Å². The standard InChI is InChI=1S/C20H18N4O3/c1-3-16(19(26)22-18-14-8-6-10-21-20(14)27-23-18)24-11-15(12(2)25)13-7-4-5-9-17(13)24/h4-11,16H,3H2,1-2H3,(H,22,23,26). The number of para-hydroxylation sites is 1. The fourth-order valence-corrected chi connectivity index (χ4v) is 3.32. The summed E-state index contributed by atoms with van der Waals surface area (Å²) < 4.78 is 7.00. The van der Waals surface area contributed by atoms with Crippen LogP contribution in [0.5, 0.6) is 0 Å². The second-order valence-electron chi connectivity index (χ2n) is 6.32. The second-order valence-corrected chi connectivity index (χ2v) is 6.32. The molecule has 4 rings (SSSR count). The normalized spacial score (nSPS) is 12.4. The van der Waals surface area contributed by atoms with E-state index in [1.54, 1.807) is 24.5 Å². The number of pyridine rings is 1. The van der Waals surface area contributed by atoms with Crippen LogP contribution in [0.25, 0.3) is 22.0 Å². The molecule has 136 valence electrons. The van der Waals surface area contributed by atoms with Crippen molar-refractivity contribution in [3.8, 4) is 0 Å². The number of ketones is 1. The molecule has 4 aromatic rings. The zero-order valence-electron chi connectivity index (χ0n) is 15.0. The average molecular weight is 362 g/mol. The lowest BCUT2D eigenvalue weighted by molar-refractivity contribution is -0.119. The van der Waals surface area contributed by atoms with Crippen molar-refractivity contribution in [2.45, 2.75) is 26.3 Å². The number of nitrogens with zero attached hydrogens (tertiary/aromatic N) is 3. The maximum Gasteiger partial charge on any atom is 0.259 e. The molecule has 0 fully saturated rings. The minimum absolute atomic E-state index is 0.0335. The van der Waals surface area contributed by atoms with Crippen LogP contribution in [0.4, 0.5) is 5.82 Å². The maximum atomic E-state index is 13.0. The number of hydrogen-bond donors (Lipinski definition) is 1. The van der Waals surface area contributed by atoms with Crippen molar-refractivity contribution in [3.05, 3.63) is 54.4 Å². The first kappa shape index (κ1) is 17.0. The molecule has 1 aromatic carbocycles. The van der Waals surface area contributed by atoms with E-state index in [0.29, 0.717) is 28.9 Å². The van der Waals surface area contributed by atoms with Gasteiger partial charge in [-0.1, -0.05) is 30.3 Å². The zero-order chi connectivity index (χ0) is 19.0. The number of Topliss-reactive ketones (excluding diaryl/α,β-unsaturated/α-hetero) is 1. The van der Waals surface area contributed by atoms with Gasteiger partial charge in [0.1, 0.15) is 6.04 Å². The van der Waals surface area contributed by atoms with Gasteiger partial charge in [-0.2, -0.15) is 0 Å². The van der Waals surface area contributed by atoms with Gasteiger partial charge in [-0.3, -0.25) is 9.59 Å². The third kappa shape index (κ3) is 2.87. The third-order valence-electron chi connectivity index (χ3n) is 4.64. The molecule has 3 heterocycles. The molecule has 0 saturated carbocycles. The first-order valence-corrected chi connectivity index (χ1v) is 8.72. The summed E-state index contributed by atoms with van der Waals surface area (Å²) in [6.07, 6.45) is 3.91. The Morgan fingerprint density at radius 3 is 2.74 bits per heavy atom. The largest absolute Gasteiger partial charge is 0.334 e. The Morgan fingerprint density at radius 1 is 1.19 bits per heavy atom. The van der Waals surface area contributed by atoms with E-state index in [2.05, 4.69) is 15.5 Å². The van der Waals surface area contributed by atoms with Crippen molar-refractivity contribution in [1.29, 1.82) is 0 Å². The Bertz CT molecular complexity index is 1160. The molecule has 0 bridgehead atoms. The Hall–Kier alpha value is -3.48. The first-order chi connectivity index (χ1) is 13.1. The lowest BCUT2D eigenvalue weighted by atomic mass is 10.1. The molecule has 0 spiro atoms. The zero-order valence-corrected chi connectivity index (χ0v) is 15.0. The van der Waals surface area contributed by atoms with Gasteiger partial charge in [0.2, 0.25) is 5.91 Å². The number of rotatable bonds is 5. The van der Waals surface area contributed by atoms with Gasteiger partial charge < -0.3 is 14.4 Å². The van der Waals surface area contributed by atoms with Crippen LogP contribution in [0.2, 0.25) is 0 Å². The van der Waals surface area contributed by atoms with E-state index < -0.39 is 6.04 Å². The van der Waals surface area contributed by atoms with Crippen molar-refractivity contribution in [1.82, 2.24) is 14.7 Å². The summed E-state index contributed by atoms with van der Waals surface area (Å²) in [4.78, 5) is 29.1. The monoisotopic (exact) mass is 362 g/mol. The van der Waals surface area contributed by atoms with Crippen LogP contribution in [-0.2, 0) is 4.79 Å². The highest BCUT2D eigenvalue weighted by atomic mass is 16.5. The minimum atomic E-state index is -0.494. The molecule has 7 nitrogen and oxygen atoms in total. The van der Waals surface area contributed by atoms with Crippen LogP contribution in [0.15, 0.2) is 53.3 Å². The van der Waals surface area contributed by atoms with E-state index >= 15 is 0 Å². The number of carbonyl (C=O) groups excluding carboxylic acids is 2. The highest BCUT2D eigenvalue weighted by Gasteiger charge is 2.24. The quantitative estimate of drug-likeness (QED) is 0.543. The number of fused-ring (bicyclic) bond motifs is 2. The van der Waals surface area contributed by atoms with Gasteiger partial charge in [0.25, 0.3) is 5.71 Å². The van der Waals surface area contributed by atoms with Gasteiger partial charge >= 0.3 is 0 Å². The van der Waals surface area contributed by atoms with Gasteiger partial charge in [-0.15, -0.1) is 0 Å².